The number of esters is 1. The number of hydrogen-bond donors (Lipinski definition) is 1. The van der Waals surface area contributed by atoms with Crippen LogP contribution in [-0.4, -0.2) is 36.2 Å². The molecule has 0 radical (unpaired) electrons. The number of carbonyl (C=O) groups excluding carboxylic acids is 3. The highest BCUT2D eigenvalue weighted by molar-refractivity contribution is 5.72. The Labute approximate surface area is 116 Å². The molecule has 7 nitrogen and oxygen atoms in total. The van der Waals surface area contributed by atoms with E-state index in [1.807, 2.05) is 0 Å². The fourth-order valence-corrected chi connectivity index (χ4v) is 0.833. The molecule has 0 aliphatic carbocycles. The second-order valence-corrected chi connectivity index (χ2v) is 3.47. The number of cyclic esters (lactones) is 1. The van der Waals surface area contributed by atoms with Crippen molar-refractivity contribution in [3.05, 3.63) is 24.2 Å². The molecule has 0 amide bonds. The highest BCUT2D eigenvalue weighted by Crippen LogP contribution is 2.01. The van der Waals surface area contributed by atoms with E-state index in [0.717, 1.165) is 6.42 Å². The first-order chi connectivity index (χ1) is 9.47. The normalized spacial score (nSPS) is 11.2. The summed E-state index contributed by atoms with van der Waals surface area (Å²) in [6.45, 7) is 3.44. The van der Waals surface area contributed by atoms with Gasteiger partial charge in [-0.05, 0) is 32.4 Å². The van der Waals surface area contributed by atoms with E-state index in [0.29, 0.717) is 25.1 Å². The minimum atomic E-state index is -0.250. The molecule has 112 valence electrons. The largest absolute Gasteiger partial charge is 0.483 e. The Morgan fingerprint density at radius 3 is 2.05 bits per heavy atom. The quantitative estimate of drug-likeness (QED) is 0.617. The van der Waals surface area contributed by atoms with Gasteiger partial charge in [0.2, 0.25) is 0 Å². The molecule has 1 aliphatic rings. The molecule has 1 fully saturated rings. The standard InChI is InChI=1S/C5H4O2.C4H6O2.C3H6O.CH2O2/c6-4-5-2-1-3-7-5;5-4-2-1-3-6-4;1-3(2)4;2-1-3/h1-4H;1-3H2;1-2H3;1H,(H,2,3). The first-order valence-electron chi connectivity index (χ1n) is 5.67. The van der Waals surface area contributed by atoms with Gasteiger partial charge in [-0.2, -0.15) is 0 Å². The summed E-state index contributed by atoms with van der Waals surface area (Å²) < 4.78 is 9.13. The van der Waals surface area contributed by atoms with Gasteiger partial charge in [-0.1, -0.05) is 0 Å². The molecule has 1 aliphatic heterocycles. The fraction of sp³-hybridized carbons (Fsp3) is 0.385. The number of hydrogen-bond acceptors (Lipinski definition) is 6. The second-order valence-electron chi connectivity index (χ2n) is 3.47. The maximum absolute atomic E-state index is 10.0. The molecular formula is C13H18O7. The van der Waals surface area contributed by atoms with E-state index in [-0.39, 0.29) is 18.2 Å². The molecule has 2 rings (SSSR count). The summed E-state index contributed by atoms with van der Waals surface area (Å²) >= 11 is 0. The Balaban J connectivity index is 0. The number of aldehydes is 1. The molecule has 0 unspecified atom stereocenters. The summed E-state index contributed by atoms with van der Waals surface area (Å²) in [5, 5.41) is 6.89. The summed E-state index contributed by atoms with van der Waals surface area (Å²) in [5.41, 5.74) is 0. The Hall–Kier alpha value is -2.44. The number of carboxylic acid groups (broad SMARTS) is 1. The first kappa shape index (κ1) is 19.9. The minimum absolute atomic E-state index is 0.0463. The van der Waals surface area contributed by atoms with Gasteiger partial charge in [0.25, 0.3) is 6.47 Å². The lowest BCUT2D eigenvalue weighted by Crippen LogP contribution is -1.88. The van der Waals surface area contributed by atoms with Gasteiger partial charge < -0.3 is 19.1 Å². The zero-order valence-electron chi connectivity index (χ0n) is 11.4. The number of ether oxygens (including phenoxy) is 1. The molecule has 0 bridgehead atoms. The average Bonchev–Trinajstić information content (AvgIpc) is 3.02. The van der Waals surface area contributed by atoms with E-state index < -0.39 is 0 Å². The van der Waals surface area contributed by atoms with E-state index in [1.54, 1.807) is 12.1 Å². The van der Waals surface area contributed by atoms with Crippen LogP contribution in [0.25, 0.3) is 0 Å². The summed E-state index contributed by atoms with van der Waals surface area (Å²) in [7, 11) is 0. The maximum atomic E-state index is 10.0. The van der Waals surface area contributed by atoms with Crippen molar-refractivity contribution in [3.63, 3.8) is 0 Å². The number of rotatable bonds is 1. The molecule has 0 saturated carbocycles. The lowest BCUT2D eigenvalue weighted by molar-refractivity contribution is -0.138. The zero-order chi connectivity index (χ0) is 15.8. The summed E-state index contributed by atoms with van der Waals surface area (Å²) in [6.07, 6.45) is 3.67. The van der Waals surface area contributed by atoms with Crippen LogP contribution in [0.3, 0.4) is 0 Å². The van der Waals surface area contributed by atoms with Crippen LogP contribution in [0.5, 0.6) is 0 Å². The van der Waals surface area contributed by atoms with Gasteiger partial charge in [0, 0.05) is 6.42 Å². The number of furan rings is 1. The van der Waals surface area contributed by atoms with Crippen molar-refractivity contribution >= 4 is 24.5 Å². The minimum Gasteiger partial charge on any atom is -0.483 e. The molecule has 1 N–H and O–H groups in total. The molecule has 0 spiro atoms. The van der Waals surface area contributed by atoms with Gasteiger partial charge in [-0.3, -0.25) is 14.4 Å². The summed E-state index contributed by atoms with van der Waals surface area (Å²) in [6, 6.07) is 3.27. The Morgan fingerprint density at radius 1 is 1.35 bits per heavy atom. The van der Waals surface area contributed by atoms with Crippen LogP contribution in [-0.2, 0) is 19.1 Å². The Morgan fingerprint density at radius 2 is 1.90 bits per heavy atom. The summed E-state index contributed by atoms with van der Waals surface area (Å²) in [5.74, 6) is 0.495. The monoisotopic (exact) mass is 286 g/mol. The topological polar surface area (TPSA) is 111 Å². The third-order valence-electron chi connectivity index (χ3n) is 1.45. The summed E-state index contributed by atoms with van der Waals surface area (Å²) in [4.78, 5) is 37.6. The van der Waals surface area contributed by atoms with Crippen molar-refractivity contribution in [1.82, 2.24) is 0 Å². The van der Waals surface area contributed by atoms with E-state index in [4.69, 9.17) is 9.90 Å². The highest BCUT2D eigenvalue weighted by atomic mass is 16.5. The fourth-order valence-electron chi connectivity index (χ4n) is 0.833. The van der Waals surface area contributed by atoms with Crippen LogP contribution in [0.1, 0.15) is 37.2 Å². The lowest BCUT2D eigenvalue weighted by atomic mass is 10.4. The molecule has 0 aromatic carbocycles. The zero-order valence-corrected chi connectivity index (χ0v) is 11.4. The molecular weight excluding hydrogens is 268 g/mol. The molecule has 2 heterocycles. The predicted octanol–water partition coefficient (Wildman–Crippen LogP) is 1.71. The molecule has 0 atom stereocenters. The van der Waals surface area contributed by atoms with Gasteiger partial charge in [-0.15, -0.1) is 0 Å². The van der Waals surface area contributed by atoms with E-state index in [9.17, 15) is 14.4 Å². The van der Waals surface area contributed by atoms with Gasteiger partial charge in [-0.25, -0.2) is 0 Å². The second kappa shape index (κ2) is 14.6. The first-order valence-corrected chi connectivity index (χ1v) is 5.67. The van der Waals surface area contributed by atoms with E-state index in [2.05, 4.69) is 9.15 Å². The van der Waals surface area contributed by atoms with Crippen molar-refractivity contribution < 1.29 is 33.4 Å². The van der Waals surface area contributed by atoms with Crippen molar-refractivity contribution in [3.8, 4) is 0 Å². The van der Waals surface area contributed by atoms with Crippen LogP contribution in [0, 0.1) is 0 Å². The molecule has 20 heavy (non-hydrogen) atoms. The molecule has 1 aromatic rings. The van der Waals surface area contributed by atoms with Crippen molar-refractivity contribution in [2.24, 2.45) is 0 Å². The van der Waals surface area contributed by atoms with Crippen molar-refractivity contribution in [2.45, 2.75) is 26.7 Å². The van der Waals surface area contributed by atoms with Crippen LogP contribution in [0.4, 0.5) is 0 Å². The van der Waals surface area contributed by atoms with Crippen molar-refractivity contribution in [2.75, 3.05) is 6.61 Å². The molecule has 1 aromatic heterocycles. The van der Waals surface area contributed by atoms with Crippen LogP contribution < -0.4 is 0 Å². The highest BCUT2D eigenvalue weighted by Gasteiger charge is 2.08. The SMILES string of the molecule is CC(C)=O.O=C1CCCO1.O=CO.O=Cc1ccco1. The third kappa shape index (κ3) is 17.9. The lowest BCUT2D eigenvalue weighted by Gasteiger charge is -1.81. The predicted molar refractivity (Wildman–Crippen MR) is 69.3 cm³/mol. The number of ketones is 1. The average molecular weight is 286 g/mol. The Bertz CT molecular complexity index is 369. The maximum Gasteiger partial charge on any atom is 0.305 e. The van der Waals surface area contributed by atoms with Gasteiger partial charge in [0.15, 0.2) is 12.0 Å². The number of Topliss-reactive ketones (excluding diaryl/α,β-unsaturated/α-hetero) is 1. The van der Waals surface area contributed by atoms with Gasteiger partial charge in [0.05, 0.1) is 12.9 Å². The van der Waals surface area contributed by atoms with Gasteiger partial charge >= 0.3 is 5.97 Å². The molecule has 7 heteroatoms. The number of carbonyl (C=O) groups is 4. The van der Waals surface area contributed by atoms with Crippen molar-refractivity contribution in [1.29, 1.82) is 0 Å². The van der Waals surface area contributed by atoms with Crippen LogP contribution in [0.2, 0.25) is 0 Å². The van der Waals surface area contributed by atoms with Crippen LogP contribution >= 0.6 is 0 Å². The molecule has 1 saturated heterocycles. The van der Waals surface area contributed by atoms with Crippen LogP contribution in [0.15, 0.2) is 22.8 Å². The van der Waals surface area contributed by atoms with Gasteiger partial charge in [0.1, 0.15) is 5.78 Å². The third-order valence-corrected chi connectivity index (χ3v) is 1.45. The Kier molecular flexibility index (Phi) is 14.5. The van der Waals surface area contributed by atoms with E-state index >= 15 is 0 Å². The smallest absolute Gasteiger partial charge is 0.305 e. The van der Waals surface area contributed by atoms with E-state index in [1.165, 1.54) is 20.1 Å².